The molecule has 6 nitrogen and oxygen atoms in total. The molecule has 180 valence electrons. The van der Waals surface area contributed by atoms with Crippen LogP contribution in [0.4, 0.5) is 0 Å². The average Bonchev–Trinajstić information content (AvgIpc) is 3.37. The number of piperidine rings is 1. The number of ether oxygens (including phenoxy) is 2. The first-order chi connectivity index (χ1) is 16.5. The van der Waals surface area contributed by atoms with E-state index >= 15 is 0 Å². The molecule has 1 unspecified atom stereocenters. The van der Waals surface area contributed by atoms with E-state index in [1.54, 1.807) is 19.2 Å². The second-order valence-electron chi connectivity index (χ2n) is 9.79. The standard InChI is InChI=1S/C28H34N2O4/c1-18-15-26(33-2)24(23-7-11-29-27(18)23)17-30-12-8-22(19-9-13-34-14-10-19)16-25(30)20-3-5-21(6-4-20)28(31)32/h3-7,11,15,19,22,25,29H,8-10,12-14,16-17H2,1-2H3,(H,31,32)/t22?,25-/m0/s1. The highest BCUT2D eigenvalue weighted by molar-refractivity contribution is 5.88. The molecule has 3 aromatic rings. The summed E-state index contributed by atoms with van der Waals surface area (Å²) in [5.74, 6) is 1.42. The SMILES string of the molecule is COc1cc(C)c2[nH]ccc2c1CN1CCC(C2CCOCC2)C[C@H]1c1ccc(C(=O)O)cc1. The molecule has 2 atom stereocenters. The van der Waals surface area contributed by atoms with Gasteiger partial charge in [0, 0.05) is 48.5 Å². The largest absolute Gasteiger partial charge is 0.496 e. The first-order valence-electron chi connectivity index (χ1n) is 12.3. The highest BCUT2D eigenvalue weighted by Gasteiger charge is 2.35. The first kappa shape index (κ1) is 22.9. The molecule has 2 N–H and O–H groups in total. The van der Waals surface area contributed by atoms with Gasteiger partial charge in [-0.3, -0.25) is 4.90 Å². The number of benzene rings is 2. The molecule has 0 saturated carbocycles. The maximum atomic E-state index is 11.4. The quantitative estimate of drug-likeness (QED) is 0.501. The molecule has 0 aliphatic carbocycles. The molecule has 2 saturated heterocycles. The van der Waals surface area contributed by atoms with Gasteiger partial charge < -0.3 is 19.6 Å². The fourth-order valence-corrected chi connectivity index (χ4v) is 6.02. The lowest BCUT2D eigenvalue weighted by Crippen LogP contribution is -2.39. The lowest BCUT2D eigenvalue weighted by molar-refractivity contribution is 0.0141. The molecule has 1 aromatic heterocycles. The molecule has 0 radical (unpaired) electrons. The van der Waals surface area contributed by atoms with Crippen LogP contribution in [0.25, 0.3) is 10.9 Å². The molecular formula is C28H34N2O4. The topological polar surface area (TPSA) is 74.8 Å². The van der Waals surface area contributed by atoms with Crippen LogP contribution in [0.3, 0.4) is 0 Å². The molecule has 2 fully saturated rings. The van der Waals surface area contributed by atoms with Crippen molar-refractivity contribution >= 4 is 16.9 Å². The van der Waals surface area contributed by atoms with E-state index in [0.717, 1.165) is 56.8 Å². The molecule has 3 heterocycles. The zero-order chi connectivity index (χ0) is 23.7. The third-order valence-electron chi connectivity index (χ3n) is 7.92. The lowest BCUT2D eigenvalue weighted by Gasteiger charge is -2.43. The predicted molar refractivity (Wildman–Crippen MR) is 132 cm³/mol. The van der Waals surface area contributed by atoms with Crippen LogP contribution in [-0.4, -0.2) is 47.8 Å². The Morgan fingerprint density at radius 1 is 1.15 bits per heavy atom. The summed E-state index contributed by atoms with van der Waals surface area (Å²) >= 11 is 0. The lowest BCUT2D eigenvalue weighted by atomic mass is 9.76. The summed E-state index contributed by atoms with van der Waals surface area (Å²) in [5, 5.41) is 10.6. The van der Waals surface area contributed by atoms with Crippen LogP contribution in [0, 0.1) is 18.8 Å². The summed E-state index contributed by atoms with van der Waals surface area (Å²) in [6.45, 7) is 5.65. The zero-order valence-electron chi connectivity index (χ0n) is 20.0. The summed E-state index contributed by atoms with van der Waals surface area (Å²) in [6.07, 6.45) is 6.55. The third kappa shape index (κ3) is 4.44. The van der Waals surface area contributed by atoms with Crippen molar-refractivity contribution in [3.05, 3.63) is 64.8 Å². The van der Waals surface area contributed by atoms with Crippen molar-refractivity contribution in [2.75, 3.05) is 26.9 Å². The van der Waals surface area contributed by atoms with E-state index < -0.39 is 5.97 Å². The summed E-state index contributed by atoms with van der Waals surface area (Å²) < 4.78 is 11.4. The summed E-state index contributed by atoms with van der Waals surface area (Å²) in [7, 11) is 1.75. The molecule has 5 rings (SSSR count). The molecule has 6 heteroatoms. The van der Waals surface area contributed by atoms with E-state index in [0.29, 0.717) is 17.4 Å². The zero-order valence-corrected chi connectivity index (χ0v) is 20.0. The minimum Gasteiger partial charge on any atom is -0.496 e. The van der Waals surface area contributed by atoms with Gasteiger partial charge in [-0.05, 0) is 86.4 Å². The Bertz CT molecular complexity index is 1150. The van der Waals surface area contributed by atoms with E-state index in [2.05, 4.69) is 28.9 Å². The Balaban J connectivity index is 1.47. The van der Waals surface area contributed by atoms with E-state index in [9.17, 15) is 9.90 Å². The van der Waals surface area contributed by atoms with Gasteiger partial charge in [-0.15, -0.1) is 0 Å². The summed E-state index contributed by atoms with van der Waals surface area (Å²) in [4.78, 5) is 17.4. The van der Waals surface area contributed by atoms with E-state index in [1.165, 1.54) is 28.5 Å². The first-order valence-corrected chi connectivity index (χ1v) is 12.3. The van der Waals surface area contributed by atoms with Gasteiger partial charge in [0.05, 0.1) is 12.7 Å². The summed E-state index contributed by atoms with van der Waals surface area (Å²) in [5.41, 5.74) is 5.08. The van der Waals surface area contributed by atoms with Gasteiger partial charge in [0.1, 0.15) is 5.75 Å². The summed E-state index contributed by atoms with van der Waals surface area (Å²) in [6, 6.07) is 12.0. The van der Waals surface area contributed by atoms with Crippen molar-refractivity contribution in [3.63, 3.8) is 0 Å². The van der Waals surface area contributed by atoms with Crippen LogP contribution in [0.2, 0.25) is 0 Å². The van der Waals surface area contributed by atoms with Crippen LogP contribution < -0.4 is 4.74 Å². The highest BCUT2D eigenvalue weighted by Crippen LogP contribution is 2.42. The smallest absolute Gasteiger partial charge is 0.335 e. The van der Waals surface area contributed by atoms with Gasteiger partial charge in [0.15, 0.2) is 0 Å². The number of aromatic amines is 1. The number of nitrogens with zero attached hydrogens (tertiary/aromatic N) is 1. The molecule has 34 heavy (non-hydrogen) atoms. The Morgan fingerprint density at radius 2 is 1.91 bits per heavy atom. The van der Waals surface area contributed by atoms with Crippen LogP contribution >= 0.6 is 0 Å². The monoisotopic (exact) mass is 462 g/mol. The number of carbonyl (C=O) groups is 1. The van der Waals surface area contributed by atoms with E-state index in [4.69, 9.17) is 9.47 Å². The normalized spacial score (nSPS) is 22.2. The van der Waals surface area contributed by atoms with E-state index in [1.807, 2.05) is 18.3 Å². The van der Waals surface area contributed by atoms with Crippen molar-refractivity contribution in [2.24, 2.45) is 11.8 Å². The van der Waals surface area contributed by atoms with Gasteiger partial charge in [-0.2, -0.15) is 0 Å². The Hall–Kier alpha value is -2.83. The van der Waals surface area contributed by atoms with Crippen molar-refractivity contribution < 1.29 is 19.4 Å². The highest BCUT2D eigenvalue weighted by atomic mass is 16.5. The number of methoxy groups -OCH3 is 1. The number of carboxylic acids is 1. The Morgan fingerprint density at radius 3 is 2.62 bits per heavy atom. The molecule has 2 aromatic carbocycles. The number of rotatable bonds is 6. The van der Waals surface area contributed by atoms with Crippen molar-refractivity contribution in [2.45, 2.75) is 45.2 Å². The number of nitrogens with one attached hydrogen (secondary N) is 1. The fourth-order valence-electron chi connectivity index (χ4n) is 6.02. The minimum atomic E-state index is -0.883. The second-order valence-corrected chi connectivity index (χ2v) is 9.79. The minimum absolute atomic E-state index is 0.240. The number of aryl methyl sites for hydroxylation is 1. The third-order valence-corrected chi connectivity index (χ3v) is 7.92. The van der Waals surface area contributed by atoms with Gasteiger partial charge >= 0.3 is 5.97 Å². The van der Waals surface area contributed by atoms with Gasteiger partial charge in [-0.25, -0.2) is 4.79 Å². The van der Waals surface area contributed by atoms with Gasteiger partial charge in [0.25, 0.3) is 0 Å². The van der Waals surface area contributed by atoms with Gasteiger partial charge in [0.2, 0.25) is 0 Å². The number of H-pyrrole nitrogens is 1. The number of hydrogen-bond acceptors (Lipinski definition) is 4. The second kappa shape index (κ2) is 9.80. The molecule has 2 aliphatic rings. The number of likely N-dealkylation sites (tertiary alicyclic amines) is 1. The van der Waals surface area contributed by atoms with Crippen LogP contribution in [0.1, 0.15) is 58.8 Å². The Labute approximate surface area is 200 Å². The molecule has 0 amide bonds. The molecule has 2 aliphatic heterocycles. The van der Waals surface area contributed by atoms with Gasteiger partial charge in [-0.1, -0.05) is 12.1 Å². The molecular weight excluding hydrogens is 428 g/mol. The van der Waals surface area contributed by atoms with E-state index in [-0.39, 0.29) is 6.04 Å². The molecule has 0 bridgehead atoms. The van der Waals surface area contributed by atoms with Crippen LogP contribution in [-0.2, 0) is 11.3 Å². The number of hydrogen-bond donors (Lipinski definition) is 2. The van der Waals surface area contributed by atoms with Crippen molar-refractivity contribution in [3.8, 4) is 5.75 Å². The van der Waals surface area contributed by atoms with Crippen LogP contribution in [0.15, 0.2) is 42.6 Å². The number of aromatic carboxylic acids is 1. The van der Waals surface area contributed by atoms with Crippen molar-refractivity contribution in [1.29, 1.82) is 0 Å². The van der Waals surface area contributed by atoms with Crippen molar-refractivity contribution in [1.82, 2.24) is 9.88 Å². The molecule has 0 spiro atoms. The maximum absolute atomic E-state index is 11.4. The number of aromatic nitrogens is 1. The average molecular weight is 463 g/mol. The number of fused-ring (bicyclic) bond motifs is 1. The van der Waals surface area contributed by atoms with Crippen LogP contribution in [0.5, 0.6) is 5.75 Å². The predicted octanol–water partition coefficient (Wildman–Crippen LogP) is 5.56. The maximum Gasteiger partial charge on any atom is 0.335 e. The number of carboxylic acid groups (broad SMARTS) is 1. The Kier molecular flexibility index (Phi) is 6.61. The fraction of sp³-hybridized carbons (Fsp3) is 0.464.